The van der Waals surface area contributed by atoms with E-state index in [2.05, 4.69) is 15.1 Å². The number of Topliss-reactive ketones (excluding diaryl/α,β-unsaturated/α-hetero) is 1. The van der Waals surface area contributed by atoms with Gasteiger partial charge in [0.15, 0.2) is 0 Å². The first kappa shape index (κ1) is 24.3. The van der Waals surface area contributed by atoms with Gasteiger partial charge in [-0.1, -0.05) is 17.7 Å². The van der Waals surface area contributed by atoms with Gasteiger partial charge in [0.2, 0.25) is 11.7 Å². The molecular weight excluding hydrogens is 424 g/mol. The van der Waals surface area contributed by atoms with Crippen LogP contribution < -0.4 is 5.32 Å². The summed E-state index contributed by atoms with van der Waals surface area (Å²) in [6, 6.07) is 4.34. The van der Waals surface area contributed by atoms with Crippen LogP contribution in [-0.2, 0) is 30.3 Å². The molecule has 0 aliphatic heterocycles. The van der Waals surface area contributed by atoms with Gasteiger partial charge in [-0.2, -0.15) is 4.79 Å². The van der Waals surface area contributed by atoms with E-state index in [-0.39, 0.29) is 19.3 Å². The SMILES string of the molecule is CO[C@@H](Cc1c[nH]c2cc(Cl)ccc12)C(=O)N[C@@H](CCC(=O)C=[N+]=[N-])C(=O)OC(C)C. The average molecular weight is 449 g/mol. The number of ether oxygens (including phenoxy) is 2. The number of aromatic nitrogens is 1. The number of nitrogens with zero attached hydrogens (tertiary/aromatic N) is 2. The van der Waals surface area contributed by atoms with Crippen LogP contribution in [0.2, 0.25) is 5.02 Å². The first-order valence-corrected chi connectivity index (χ1v) is 10.1. The van der Waals surface area contributed by atoms with E-state index >= 15 is 0 Å². The second kappa shape index (κ2) is 11.4. The number of methoxy groups -OCH3 is 1. The molecule has 0 aliphatic carbocycles. The van der Waals surface area contributed by atoms with E-state index in [1.54, 1.807) is 32.2 Å². The summed E-state index contributed by atoms with van der Waals surface area (Å²) in [6.45, 7) is 3.36. The molecule has 0 saturated heterocycles. The van der Waals surface area contributed by atoms with Crippen molar-refractivity contribution in [3.63, 3.8) is 0 Å². The third-order valence-corrected chi connectivity index (χ3v) is 4.78. The Kier molecular flexibility index (Phi) is 8.93. The molecule has 166 valence electrons. The Morgan fingerprint density at radius 3 is 2.71 bits per heavy atom. The first-order valence-electron chi connectivity index (χ1n) is 9.74. The lowest BCUT2D eigenvalue weighted by Crippen LogP contribution is -2.48. The molecule has 31 heavy (non-hydrogen) atoms. The lowest BCUT2D eigenvalue weighted by molar-refractivity contribution is -0.152. The third-order valence-electron chi connectivity index (χ3n) is 4.55. The highest BCUT2D eigenvalue weighted by Gasteiger charge is 2.28. The van der Waals surface area contributed by atoms with Gasteiger partial charge in [-0.3, -0.25) is 9.59 Å². The van der Waals surface area contributed by atoms with E-state index in [1.807, 2.05) is 6.07 Å². The van der Waals surface area contributed by atoms with Crippen LogP contribution in [0.5, 0.6) is 0 Å². The van der Waals surface area contributed by atoms with Crippen molar-refractivity contribution >= 4 is 46.4 Å². The van der Waals surface area contributed by atoms with Gasteiger partial charge < -0.3 is 25.3 Å². The number of carbonyl (C=O) groups is 3. The number of esters is 1. The smallest absolute Gasteiger partial charge is 0.328 e. The molecule has 0 fully saturated rings. The van der Waals surface area contributed by atoms with Crippen molar-refractivity contribution in [1.82, 2.24) is 10.3 Å². The van der Waals surface area contributed by atoms with Gasteiger partial charge in [0.05, 0.1) is 6.10 Å². The maximum atomic E-state index is 12.8. The summed E-state index contributed by atoms with van der Waals surface area (Å²) in [5.74, 6) is -1.66. The summed E-state index contributed by atoms with van der Waals surface area (Å²) in [5, 5.41) is 4.11. The largest absolute Gasteiger partial charge is 0.461 e. The third kappa shape index (κ3) is 7.03. The van der Waals surface area contributed by atoms with Crippen molar-refractivity contribution in [3.05, 3.63) is 40.5 Å². The normalized spacial score (nSPS) is 12.8. The summed E-state index contributed by atoms with van der Waals surface area (Å²) in [7, 11) is 1.40. The van der Waals surface area contributed by atoms with E-state index in [0.717, 1.165) is 22.7 Å². The first-order chi connectivity index (χ1) is 14.7. The standard InChI is InChI=1S/C21H25ClN4O5/c1-12(2)31-21(29)17(7-5-15(27)11-25-23)26-20(28)19(30-3)8-13-10-24-18-9-14(22)4-6-16(13)18/h4,6,9-12,17,19,24H,5,7-8H2,1-3H3,(H,26,28)/t17-,19-/m0/s1. The molecule has 1 amide bonds. The quantitative estimate of drug-likeness (QED) is 0.235. The van der Waals surface area contributed by atoms with Gasteiger partial charge in [0.1, 0.15) is 12.1 Å². The number of amides is 1. The number of hydrogen-bond donors (Lipinski definition) is 2. The molecule has 2 rings (SSSR count). The van der Waals surface area contributed by atoms with Crippen LogP contribution in [0.4, 0.5) is 0 Å². The van der Waals surface area contributed by atoms with E-state index in [0.29, 0.717) is 5.02 Å². The van der Waals surface area contributed by atoms with Crippen molar-refractivity contribution < 1.29 is 28.6 Å². The number of aromatic amines is 1. The summed E-state index contributed by atoms with van der Waals surface area (Å²) >= 11 is 6.01. The fraction of sp³-hybridized carbons (Fsp3) is 0.429. The van der Waals surface area contributed by atoms with Crippen LogP contribution in [0.3, 0.4) is 0 Å². The molecule has 1 aromatic carbocycles. The molecule has 0 unspecified atom stereocenters. The number of ketones is 1. The van der Waals surface area contributed by atoms with E-state index < -0.39 is 35.9 Å². The molecule has 2 atom stereocenters. The van der Waals surface area contributed by atoms with Gasteiger partial charge in [-0.05, 0) is 38.0 Å². The molecule has 1 heterocycles. The van der Waals surface area contributed by atoms with Gasteiger partial charge in [0, 0.05) is 42.1 Å². The second-order valence-corrected chi connectivity index (χ2v) is 7.67. The van der Waals surface area contributed by atoms with E-state index in [1.165, 1.54) is 7.11 Å². The van der Waals surface area contributed by atoms with Crippen molar-refractivity contribution in [2.24, 2.45) is 0 Å². The van der Waals surface area contributed by atoms with Gasteiger partial charge >= 0.3 is 12.2 Å². The fourth-order valence-corrected chi connectivity index (χ4v) is 3.23. The van der Waals surface area contributed by atoms with Crippen LogP contribution in [-0.4, -0.2) is 59.0 Å². The Labute approximate surface area is 184 Å². The number of nitrogens with one attached hydrogen (secondary N) is 2. The Balaban J connectivity index is 2.13. The zero-order chi connectivity index (χ0) is 23.0. The predicted molar refractivity (Wildman–Crippen MR) is 115 cm³/mol. The minimum Gasteiger partial charge on any atom is -0.461 e. The zero-order valence-electron chi connectivity index (χ0n) is 17.6. The lowest BCUT2D eigenvalue weighted by Gasteiger charge is -2.21. The van der Waals surface area contributed by atoms with Crippen LogP contribution in [0.1, 0.15) is 32.3 Å². The highest BCUT2D eigenvalue weighted by atomic mass is 35.5. The molecule has 0 radical (unpaired) electrons. The Morgan fingerprint density at radius 2 is 2.06 bits per heavy atom. The number of benzene rings is 1. The van der Waals surface area contributed by atoms with Crippen molar-refractivity contribution in [3.8, 4) is 0 Å². The van der Waals surface area contributed by atoms with Crippen molar-refractivity contribution in [2.75, 3.05) is 7.11 Å². The monoisotopic (exact) mass is 448 g/mol. The number of carbonyl (C=O) groups excluding carboxylic acids is 3. The van der Waals surface area contributed by atoms with Gasteiger partial charge in [-0.25, -0.2) is 4.79 Å². The molecule has 0 spiro atoms. The van der Waals surface area contributed by atoms with Gasteiger partial charge in [0.25, 0.3) is 0 Å². The second-order valence-electron chi connectivity index (χ2n) is 7.23. The fourth-order valence-electron chi connectivity index (χ4n) is 3.05. The number of hydrogen-bond acceptors (Lipinski definition) is 5. The molecule has 1 aromatic heterocycles. The Morgan fingerprint density at radius 1 is 1.32 bits per heavy atom. The predicted octanol–water partition coefficient (Wildman–Crippen LogP) is 2.47. The van der Waals surface area contributed by atoms with Crippen LogP contribution in [0, 0.1) is 0 Å². The maximum absolute atomic E-state index is 12.8. The zero-order valence-corrected chi connectivity index (χ0v) is 18.3. The minimum atomic E-state index is -1.05. The van der Waals surface area contributed by atoms with Gasteiger partial charge in [-0.15, -0.1) is 0 Å². The summed E-state index contributed by atoms with van der Waals surface area (Å²) in [6.07, 6.45) is 1.39. The topological polar surface area (TPSA) is 134 Å². The molecule has 10 heteroatoms. The van der Waals surface area contributed by atoms with Crippen LogP contribution in [0.25, 0.3) is 16.4 Å². The number of rotatable bonds is 11. The van der Waals surface area contributed by atoms with E-state index in [9.17, 15) is 14.4 Å². The molecule has 0 saturated carbocycles. The summed E-state index contributed by atoms with van der Waals surface area (Å²) in [5.41, 5.74) is 10.1. The molecule has 0 bridgehead atoms. The average Bonchev–Trinajstić information content (AvgIpc) is 3.10. The molecule has 2 aromatic rings. The molecule has 9 nitrogen and oxygen atoms in total. The molecular formula is C21H25ClN4O5. The molecule has 0 aliphatic rings. The molecule has 2 N–H and O–H groups in total. The van der Waals surface area contributed by atoms with E-state index in [4.69, 9.17) is 26.6 Å². The Hall–Kier alpha value is -3.00. The minimum absolute atomic E-state index is 0.00976. The van der Waals surface area contributed by atoms with Crippen LogP contribution >= 0.6 is 11.6 Å². The number of halogens is 1. The highest BCUT2D eigenvalue weighted by Crippen LogP contribution is 2.23. The summed E-state index contributed by atoms with van der Waals surface area (Å²) < 4.78 is 10.5. The number of H-pyrrole nitrogens is 1. The Bertz CT molecular complexity index is 997. The number of fused-ring (bicyclic) bond motifs is 1. The maximum Gasteiger partial charge on any atom is 0.328 e. The lowest BCUT2D eigenvalue weighted by atomic mass is 10.0. The van der Waals surface area contributed by atoms with Crippen molar-refractivity contribution in [2.45, 2.75) is 51.4 Å². The highest BCUT2D eigenvalue weighted by molar-refractivity contribution is 6.31. The summed E-state index contributed by atoms with van der Waals surface area (Å²) in [4.78, 5) is 42.6. The van der Waals surface area contributed by atoms with Crippen LogP contribution in [0.15, 0.2) is 24.4 Å². The van der Waals surface area contributed by atoms with Crippen molar-refractivity contribution in [1.29, 1.82) is 0 Å².